The highest BCUT2D eigenvalue weighted by Crippen LogP contribution is 2.44. The standard InChI is InChI=1S/C28H37ClN2O6S/c1-35-24-18-23-22(26(29)27(24)36-2)12-16-31(19-25(23)38(3,33)34)28(32)20-8-10-21(11-9-20)37-17-7-15-30-13-5-4-6-14-30/h8-11,18,25H,4-7,12-17,19H2,1-3H3. The highest BCUT2D eigenvalue weighted by Gasteiger charge is 2.35. The van der Waals surface area contributed by atoms with Crippen LogP contribution in [0.1, 0.15) is 52.4 Å². The lowest BCUT2D eigenvalue weighted by Gasteiger charge is -2.26. The average molecular weight is 565 g/mol. The van der Waals surface area contributed by atoms with Gasteiger partial charge in [0.1, 0.15) is 11.0 Å². The zero-order valence-electron chi connectivity index (χ0n) is 22.4. The van der Waals surface area contributed by atoms with E-state index in [2.05, 4.69) is 4.90 Å². The van der Waals surface area contributed by atoms with Crippen molar-refractivity contribution in [3.8, 4) is 17.2 Å². The molecule has 0 spiro atoms. The molecule has 0 saturated carbocycles. The van der Waals surface area contributed by atoms with E-state index in [0.29, 0.717) is 58.5 Å². The highest BCUT2D eigenvalue weighted by molar-refractivity contribution is 7.91. The number of hydrogen-bond acceptors (Lipinski definition) is 7. The van der Waals surface area contributed by atoms with Crippen molar-refractivity contribution in [2.24, 2.45) is 0 Å². The zero-order valence-corrected chi connectivity index (χ0v) is 23.9. The number of fused-ring (bicyclic) bond motifs is 1. The van der Waals surface area contributed by atoms with Crippen molar-refractivity contribution >= 4 is 27.3 Å². The van der Waals surface area contributed by atoms with Gasteiger partial charge in [-0.05, 0) is 80.2 Å². The van der Waals surface area contributed by atoms with Crippen molar-refractivity contribution < 1.29 is 27.4 Å². The minimum Gasteiger partial charge on any atom is -0.494 e. The van der Waals surface area contributed by atoms with Crippen LogP contribution in [0, 0.1) is 0 Å². The molecule has 0 aliphatic carbocycles. The van der Waals surface area contributed by atoms with E-state index in [1.807, 2.05) is 0 Å². The molecule has 2 aromatic carbocycles. The quantitative estimate of drug-likeness (QED) is 0.417. The minimum absolute atomic E-state index is 0.0191. The van der Waals surface area contributed by atoms with Gasteiger partial charge in [-0.1, -0.05) is 18.0 Å². The van der Waals surface area contributed by atoms with Crippen LogP contribution in [0.15, 0.2) is 30.3 Å². The second-order valence-electron chi connectivity index (χ2n) is 9.94. The summed E-state index contributed by atoms with van der Waals surface area (Å²) in [6.07, 6.45) is 6.41. The maximum Gasteiger partial charge on any atom is 0.253 e. The van der Waals surface area contributed by atoms with Gasteiger partial charge < -0.3 is 24.0 Å². The number of halogens is 1. The van der Waals surface area contributed by atoms with Gasteiger partial charge in [0.25, 0.3) is 5.91 Å². The van der Waals surface area contributed by atoms with Crippen molar-refractivity contribution in [1.29, 1.82) is 0 Å². The maximum atomic E-state index is 13.5. The minimum atomic E-state index is -3.57. The van der Waals surface area contributed by atoms with Crippen LogP contribution in [0.5, 0.6) is 17.2 Å². The van der Waals surface area contributed by atoms with Crippen LogP contribution in [-0.2, 0) is 16.3 Å². The first kappa shape index (κ1) is 28.5. The number of ether oxygens (including phenoxy) is 3. The lowest BCUT2D eigenvalue weighted by atomic mass is 10.0. The number of methoxy groups -OCH3 is 2. The van der Waals surface area contributed by atoms with E-state index in [1.54, 1.807) is 35.2 Å². The van der Waals surface area contributed by atoms with Crippen LogP contribution < -0.4 is 14.2 Å². The Kier molecular flexibility index (Phi) is 9.44. The van der Waals surface area contributed by atoms with Crippen molar-refractivity contribution in [3.05, 3.63) is 52.0 Å². The van der Waals surface area contributed by atoms with Gasteiger partial charge in [-0.15, -0.1) is 0 Å². The molecule has 38 heavy (non-hydrogen) atoms. The normalized spacial score (nSPS) is 18.4. The molecule has 4 rings (SSSR count). The van der Waals surface area contributed by atoms with Crippen molar-refractivity contribution in [2.75, 3.05) is 59.8 Å². The number of carbonyl (C=O) groups excluding carboxylic acids is 1. The molecular formula is C28H37ClN2O6S. The van der Waals surface area contributed by atoms with Gasteiger partial charge in [0, 0.05) is 31.5 Å². The van der Waals surface area contributed by atoms with Gasteiger partial charge in [0.2, 0.25) is 0 Å². The SMILES string of the molecule is COc1cc2c(c(Cl)c1OC)CCN(C(=O)c1ccc(OCCCN3CCCCC3)cc1)CC2S(C)(=O)=O. The molecule has 1 saturated heterocycles. The zero-order chi connectivity index (χ0) is 27.3. The maximum absolute atomic E-state index is 13.5. The fourth-order valence-corrected chi connectivity index (χ4v) is 6.77. The summed E-state index contributed by atoms with van der Waals surface area (Å²) in [4.78, 5) is 17.5. The third-order valence-electron chi connectivity index (χ3n) is 7.35. The van der Waals surface area contributed by atoms with Crippen LogP contribution in [0.4, 0.5) is 0 Å². The summed E-state index contributed by atoms with van der Waals surface area (Å²) in [5, 5.41) is -0.629. The lowest BCUT2D eigenvalue weighted by molar-refractivity contribution is 0.0761. The molecule has 2 aliphatic heterocycles. The predicted molar refractivity (Wildman–Crippen MR) is 149 cm³/mol. The van der Waals surface area contributed by atoms with Crippen molar-refractivity contribution in [2.45, 2.75) is 37.4 Å². The molecule has 2 heterocycles. The Labute approximate surface area is 230 Å². The molecule has 0 bridgehead atoms. The molecule has 8 nitrogen and oxygen atoms in total. The average Bonchev–Trinajstić information content (AvgIpc) is 3.12. The number of amides is 1. The second kappa shape index (κ2) is 12.6. The molecule has 0 radical (unpaired) electrons. The Bertz CT molecular complexity index is 1230. The molecule has 0 N–H and O–H groups in total. The van der Waals surface area contributed by atoms with E-state index < -0.39 is 15.1 Å². The number of carbonyl (C=O) groups is 1. The van der Waals surface area contributed by atoms with E-state index in [1.165, 1.54) is 52.8 Å². The molecule has 1 amide bonds. The first-order chi connectivity index (χ1) is 18.2. The topological polar surface area (TPSA) is 85.4 Å². The lowest BCUT2D eigenvalue weighted by Crippen LogP contribution is -2.36. The van der Waals surface area contributed by atoms with E-state index in [0.717, 1.165) is 13.0 Å². The number of benzene rings is 2. The molecule has 1 atom stereocenters. The van der Waals surface area contributed by atoms with Crippen LogP contribution in [0.2, 0.25) is 5.02 Å². The van der Waals surface area contributed by atoms with E-state index in [-0.39, 0.29) is 12.5 Å². The van der Waals surface area contributed by atoms with Gasteiger partial charge in [-0.2, -0.15) is 0 Å². The summed E-state index contributed by atoms with van der Waals surface area (Å²) in [5.74, 6) is 1.18. The molecule has 1 unspecified atom stereocenters. The van der Waals surface area contributed by atoms with Gasteiger partial charge in [-0.25, -0.2) is 8.42 Å². The Morgan fingerprint density at radius 1 is 1.05 bits per heavy atom. The third kappa shape index (κ3) is 6.55. The summed E-state index contributed by atoms with van der Waals surface area (Å²) in [6, 6.07) is 8.71. The molecular weight excluding hydrogens is 528 g/mol. The monoisotopic (exact) mass is 564 g/mol. The van der Waals surface area contributed by atoms with Crippen LogP contribution in [-0.4, -0.2) is 83.9 Å². The van der Waals surface area contributed by atoms with Crippen LogP contribution in [0.25, 0.3) is 0 Å². The smallest absolute Gasteiger partial charge is 0.253 e. The summed E-state index contributed by atoms with van der Waals surface area (Å²) < 4.78 is 42.4. The van der Waals surface area contributed by atoms with Gasteiger partial charge in [0.05, 0.1) is 25.8 Å². The summed E-state index contributed by atoms with van der Waals surface area (Å²) in [5.41, 5.74) is 1.67. The number of likely N-dealkylation sites (tertiary alicyclic amines) is 1. The number of rotatable bonds is 9. The summed E-state index contributed by atoms with van der Waals surface area (Å²) >= 11 is 6.64. The van der Waals surface area contributed by atoms with E-state index in [9.17, 15) is 13.2 Å². The van der Waals surface area contributed by atoms with Crippen LogP contribution in [0.3, 0.4) is 0 Å². The van der Waals surface area contributed by atoms with Crippen LogP contribution >= 0.6 is 11.6 Å². The molecule has 208 valence electrons. The Morgan fingerprint density at radius 2 is 1.76 bits per heavy atom. The van der Waals surface area contributed by atoms with Crippen molar-refractivity contribution in [1.82, 2.24) is 9.80 Å². The number of piperidine rings is 1. The summed E-state index contributed by atoms with van der Waals surface area (Å²) in [6.45, 7) is 4.35. The van der Waals surface area contributed by atoms with Crippen molar-refractivity contribution in [3.63, 3.8) is 0 Å². The molecule has 1 fully saturated rings. The summed E-state index contributed by atoms with van der Waals surface area (Å²) in [7, 11) is -0.611. The first-order valence-corrected chi connectivity index (χ1v) is 15.4. The number of sulfone groups is 1. The Balaban J connectivity index is 1.45. The van der Waals surface area contributed by atoms with Gasteiger partial charge in [-0.3, -0.25) is 4.79 Å². The third-order valence-corrected chi connectivity index (χ3v) is 9.19. The Morgan fingerprint density at radius 3 is 2.39 bits per heavy atom. The fourth-order valence-electron chi connectivity index (χ4n) is 5.27. The number of nitrogens with zero attached hydrogens (tertiary/aromatic N) is 2. The largest absolute Gasteiger partial charge is 0.494 e. The van der Waals surface area contributed by atoms with Gasteiger partial charge in [0.15, 0.2) is 21.3 Å². The van der Waals surface area contributed by atoms with Gasteiger partial charge >= 0.3 is 0 Å². The van der Waals surface area contributed by atoms with E-state index in [4.69, 9.17) is 25.8 Å². The Hall–Kier alpha value is -2.49. The molecule has 2 aromatic rings. The predicted octanol–water partition coefficient (Wildman–Crippen LogP) is 4.40. The molecule has 10 heteroatoms. The number of hydrogen-bond donors (Lipinski definition) is 0. The fraction of sp³-hybridized carbons (Fsp3) is 0.536. The van der Waals surface area contributed by atoms with E-state index >= 15 is 0 Å². The second-order valence-corrected chi connectivity index (χ2v) is 12.5. The highest BCUT2D eigenvalue weighted by atomic mass is 35.5. The first-order valence-electron chi connectivity index (χ1n) is 13.1. The molecule has 0 aromatic heterocycles. The molecule has 2 aliphatic rings.